The highest BCUT2D eigenvalue weighted by Crippen LogP contribution is 2.16. The number of hydrogen-bond acceptors (Lipinski definition) is 3. The van der Waals surface area contributed by atoms with E-state index in [1.54, 1.807) is 0 Å². The molecule has 1 aromatic rings. The number of hydrogen-bond donors (Lipinski definition) is 1. The molecule has 1 aliphatic heterocycles. The SMILES string of the molecule is NC1=NN(c2ccccc2)CC1. The lowest BCUT2D eigenvalue weighted by Gasteiger charge is -2.12. The third-order valence-corrected chi connectivity index (χ3v) is 1.88. The summed E-state index contributed by atoms with van der Waals surface area (Å²) in [6.45, 7) is 0.899. The van der Waals surface area contributed by atoms with Crippen LogP contribution < -0.4 is 10.7 Å². The molecule has 2 N–H and O–H groups in total. The number of anilines is 1. The van der Waals surface area contributed by atoms with Gasteiger partial charge in [-0.25, -0.2) is 0 Å². The van der Waals surface area contributed by atoms with Crippen LogP contribution in [0.15, 0.2) is 35.4 Å². The first-order valence-electron chi connectivity index (χ1n) is 4.02. The Labute approximate surface area is 71.5 Å². The maximum absolute atomic E-state index is 5.57. The summed E-state index contributed by atoms with van der Waals surface area (Å²) in [6.07, 6.45) is 0.870. The van der Waals surface area contributed by atoms with Crippen LogP contribution in [0.3, 0.4) is 0 Å². The summed E-state index contributed by atoms with van der Waals surface area (Å²) < 4.78 is 0. The molecule has 1 aliphatic rings. The van der Waals surface area contributed by atoms with Gasteiger partial charge >= 0.3 is 0 Å². The Hall–Kier alpha value is -1.51. The normalized spacial score (nSPS) is 16.3. The minimum atomic E-state index is 0.721. The van der Waals surface area contributed by atoms with Crippen molar-refractivity contribution in [2.24, 2.45) is 10.8 Å². The average molecular weight is 161 g/mol. The van der Waals surface area contributed by atoms with Crippen molar-refractivity contribution in [1.82, 2.24) is 0 Å². The molecule has 0 aromatic heterocycles. The maximum atomic E-state index is 5.57. The van der Waals surface area contributed by atoms with Crippen LogP contribution in [0, 0.1) is 0 Å². The molecule has 0 amide bonds. The third kappa shape index (κ3) is 1.25. The maximum Gasteiger partial charge on any atom is 0.122 e. The lowest BCUT2D eigenvalue weighted by Crippen LogP contribution is -2.11. The highest BCUT2D eigenvalue weighted by molar-refractivity contribution is 5.84. The lowest BCUT2D eigenvalue weighted by molar-refractivity contribution is 0.922. The van der Waals surface area contributed by atoms with Crippen molar-refractivity contribution in [1.29, 1.82) is 0 Å². The van der Waals surface area contributed by atoms with Gasteiger partial charge in [0.05, 0.1) is 5.69 Å². The zero-order valence-corrected chi connectivity index (χ0v) is 6.77. The zero-order valence-electron chi connectivity index (χ0n) is 6.77. The quantitative estimate of drug-likeness (QED) is 0.671. The summed E-state index contributed by atoms with van der Waals surface area (Å²) >= 11 is 0. The molecule has 0 saturated heterocycles. The van der Waals surface area contributed by atoms with Gasteiger partial charge in [-0.15, -0.1) is 0 Å². The van der Waals surface area contributed by atoms with Crippen molar-refractivity contribution >= 4 is 11.5 Å². The third-order valence-electron chi connectivity index (χ3n) is 1.88. The van der Waals surface area contributed by atoms with Crippen molar-refractivity contribution in [3.8, 4) is 0 Å². The van der Waals surface area contributed by atoms with E-state index in [9.17, 15) is 0 Å². The minimum Gasteiger partial charge on any atom is -0.386 e. The van der Waals surface area contributed by atoms with Crippen LogP contribution in [0.4, 0.5) is 5.69 Å². The Balaban J connectivity index is 2.22. The van der Waals surface area contributed by atoms with Crippen LogP contribution in [-0.4, -0.2) is 12.4 Å². The summed E-state index contributed by atoms with van der Waals surface area (Å²) in [5.74, 6) is 0.721. The fourth-order valence-electron chi connectivity index (χ4n) is 1.26. The predicted octanol–water partition coefficient (Wildman–Crippen LogP) is 1.17. The molecule has 0 bridgehead atoms. The van der Waals surface area contributed by atoms with E-state index in [4.69, 9.17) is 5.73 Å². The first-order valence-corrected chi connectivity index (χ1v) is 4.02. The second-order valence-electron chi connectivity index (χ2n) is 2.80. The van der Waals surface area contributed by atoms with Gasteiger partial charge in [0.15, 0.2) is 0 Å². The minimum absolute atomic E-state index is 0.721. The summed E-state index contributed by atoms with van der Waals surface area (Å²) in [6, 6.07) is 10.1. The molecule has 1 heterocycles. The number of hydrazone groups is 1. The molecule has 0 fully saturated rings. The van der Waals surface area contributed by atoms with Crippen molar-refractivity contribution in [2.45, 2.75) is 6.42 Å². The van der Waals surface area contributed by atoms with Crippen molar-refractivity contribution in [2.75, 3.05) is 11.6 Å². The number of benzene rings is 1. The number of nitrogens with two attached hydrogens (primary N) is 1. The lowest BCUT2D eigenvalue weighted by atomic mass is 10.3. The fraction of sp³-hybridized carbons (Fsp3) is 0.222. The molecule has 0 radical (unpaired) electrons. The Morgan fingerprint density at radius 1 is 1.25 bits per heavy atom. The van der Waals surface area contributed by atoms with Gasteiger partial charge in [0, 0.05) is 13.0 Å². The number of amidine groups is 1. The van der Waals surface area contributed by atoms with E-state index in [-0.39, 0.29) is 0 Å². The smallest absolute Gasteiger partial charge is 0.122 e. The standard InChI is InChI=1S/C9H11N3/c10-9-6-7-12(11-9)8-4-2-1-3-5-8/h1-5H,6-7H2,(H2,10,11). The molecule has 3 heteroatoms. The van der Waals surface area contributed by atoms with Crippen molar-refractivity contribution in [3.05, 3.63) is 30.3 Å². The molecule has 1 aromatic carbocycles. The molecule has 12 heavy (non-hydrogen) atoms. The van der Waals surface area contributed by atoms with E-state index >= 15 is 0 Å². The predicted molar refractivity (Wildman–Crippen MR) is 50.0 cm³/mol. The summed E-state index contributed by atoms with van der Waals surface area (Å²) in [5, 5.41) is 6.11. The number of rotatable bonds is 1. The van der Waals surface area contributed by atoms with E-state index in [2.05, 4.69) is 5.10 Å². The Morgan fingerprint density at radius 2 is 2.00 bits per heavy atom. The van der Waals surface area contributed by atoms with Crippen LogP contribution >= 0.6 is 0 Å². The Morgan fingerprint density at radius 3 is 2.58 bits per heavy atom. The molecular weight excluding hydrogens is 150 g/mol. The van der Waals surface area contributed by atoms with Gasteiger partial charge in [-0.3, -0.25) is 5.01 Å². The first kappa shape index (κ1) is 7.16. The summed E-state index contributed by atoms with van der Waals surface area (Å²) in [5.41, 5.74) is 6.68. The van der Waals surface area contributed by atoms with Crippen LogP contribution in [0.1, 0.15) is 6.42 Å². The highest BCUT2D eigenvalue weighted by atomic mass is 15.5. The van der Waals surface area contributed by atoms with Crippen LogP contribution in [0.25, 0.3) is 0 Å². The molecule has 0 aliphatic carbocycles. The molecule has 2 rings (SSSR count). The van der Waals surface area contributed by atoms with Crippen LogP contribution in [0.5, 0.6) is 0 Å². The van der Waals surface area contributed by atoms with Crippen LogP contribution in [-0.2, 0) is 0 Å². The second-order valence-corrected chi connectivity index (χ2v) is 2.80. The number of para-hydroxylation sites is 1. The molecule has 0 unspecified atom stereocenters. The first-order chi connectivity index (χ1) is 5.86. The Kier molecular flexibility index (Phi) is 1.70. The molecule has 0 spiro atoms. The van der Waals surface area contributed by atoms with Gasteiger partial charge in [-0.1, -0.05) is 18.2 Å². The van der Waals surface area contributed by atoms with Gasteiger partial charge < -0.3 is 5.73 Å². The Bertz CT molecular complexity index is 292. The van der Waals surface area contributed by atoms with Crippen molar-refractivity contribution in [3.63, 3.8) is 0 Å². The zero-order chi connectivity index (χ0) is 8.39. The van der Waals surface area contributed by atoms with Crippen LogP contribution in [0.2, 0.25) is 0 Å². The van der Waals surface area contributed by atoms with Gasteiger partial charge in [0.25, 0.3) is 0 Å². The van der Waals surface area contributed by atoms with Gasteiger partial charge in [0.2, 0.25) is 0 Å². The van der Waals surface area contributed by atoms with E-state index in [0.717, 1.165) is 24.5 Å². The molecule has 0 saturated carbocycles. The topological polar surface area (TPSA) is 41.6 Å². The average Bonchev–Trinajstić information content (AvgIpc) is 2.54. The molecule has 3 nitrogen and oxygen atoms in total. The van der Waals surface area contributed by atoms with E-state index in [0.29, 0.717) is 0 Å². The van der Waals surface area contributed by atoms with Crippen molar-refractivity contribution < 1.29 is 0 Å². The monoisotopic (exact) mass is 161 g/mol. The van der Waals surface area contributed by atoms with Gasteiger partial charge in [-0.05, 0) is 12.1 Å². The molecule has 62 valence electrons. The van der Waals surface area contributed by atoms with Gasteiger partial charge in [0.1, 0.15) is 5.84 Å². The molecular formula is C9H11N3. The van der Waals surface area contributed by atoms with E-state index in [1.165, 1.54) is 0 Å². The molecule has 0 atom stereocenters. The van der Waals surface area contributed by atoms with Gasteiger partial charge in [-0.2, -0.15) is 5.10 Å². The van der Waals surface area contributed by atoms with E-state index < -0.39 is 0 Å². The fourth-order valence-corrected chi connectivity index (χ4v) is 1.26. The highest BCUT2D eigenvalue weighted by Gasteiger charge is 2.11. The largest absolute Gasteiger partial charge is 0.386 e. The van der Waals surface area contributed by atoms with E-state index in [1.807, 2.05) is 35.3 Å². The number of nitrogens with zero attached hydrogens (tertiary/aromatic N) is 2. The summed E-state index contributed by atoms with van der Waals surface area (Å²) in [7, 11) is 0. The second kappa shape index (κ2) is 2.85. The summed E-state index contributed by atoms with van der Waals surface area (Å²) in [4.78, 5) is 0.